The molecule has 1 aromatic rings. The molecule has 0 bridgehead atoms. The Labute approximate surface area is 116 Å². The molecule has 1 amide bonds. The van der Waals surface area contributed by atoms with Crippen molar-refractivity contribution in [1.82, 2.24) is 5.32 Å². The van der Waals surface area contributed by atoms with E-state index in [0.29, 0.717) is 12.3 Å². The van der Waals surface area contributed by atoms with Gasteiger partial charge in [0.1, 0.15) is 0 Å². The molecule has 6 heteroatoms. The van der Waals surface area contributed by atoms with Gasteiger partial charge in [0.2, 0.25) is 0 Å². The zero-order chi connectivity index (χ0) is 13.7. The number of carbonyl (C=O) groups is 1. The smallest absolute Gasteiger partial charge is 0.253 e. The lowest BCUT2D eigenvalue weighted by molar-refractivity contribution is 0.0895. The molecule has 0 aliphatic carbocycles. The van der Waals surface area contributed by atoms with Crippen LogP contribution in [0.1, 0.15) is 23.7 Å². The van der Waals surface area contributed by atoms with Crippen molar-refractivity contribution >= 4 is 34.8 Å². The molecule has 0 aromatic heterocycles. The molecule has 3 N–H and O–H groups in total. The number of nitrogens with one attached hydrogen (secondary N) is 1. The SMILES string of the molecule is CCC(COC)NC(=O)c1cc(N)cc(Cl)c1Cl. The fraction of sp³-hybridized carbons (Fsp3) is 0.417. The van der Waals surface area contributed by atoms with Crippen molar-refractivity contribution in [2.24, 2.45) is 0 Å². The summed E-state index contributed by atoms with van der Waals surface area (Å²) in [5, 5.41) is 3.29. The van der Waals surface area contributed by atoms with Gasteiger partial charge in [0, 0.05) is 12.8 Å². The molecule has 0 aliphatic heterocycles. The van der Waals surface area contributed by atoms with Gasteiger partial charge in [0.05, 0.1) is 28.3 Å². The quantitative estimate of drug-likeness (QED) is 0.820. The third-order valence-electron chi connectivity index (χ3n) is 2.49. The van der Waals surface area contributed by atoms with Crippen LogP contribution in [-0.2, 0) is 4.74 Å². The number of hydrogen-bond acceptors (Lipinski definition) is 3. The number of halogens is 2. The minimum Gasteiger partial charge on any atom is -0.399 e. The van der Waals surface area contributed by atoms with Crippen LogP contribution in [0.5, 0.6) is 0 Å². The summed E-state index contributed by atoms with van der Waals surface area (Å²) in [6.07, 6.45) is 0.757. The largest absolute Gasteiger partial charge is 0.399 e. The van der Waals surface area contributed by atoms with E-state index in [-0.39, 0.29) is 27.6 Å². The summed E-state index contributed by atoms with van der Waals surface area (Å²) in [6, 6.07) is 2.94. The van der Waals surface area contributed by atoms with Crippen molar-refractivity contribution in [3.05, 3.63) is 27.7 Å². The third-order valence-corrected chi connectivity index (χ3v) is 3.29. The van der Waals surface area contributed by atoms with Gasteiger partial charge in [-0.2, -0.15) is 0 Å². The second kappa shape index (κ2) is 6.83. The van der Waals surface area contributed by atoms with Crippen molar-refractivity contribution in [2.45, 2.75) is 19.4 Å². The Bertz CT molecular complexity index is 438. The van der Waals surface area contributed by atoms with Crippen LogP contribution in [0, 0.1) is 0 Å². The van der Waals surface area contributed by atoms with E-state index in [0.717, 1.165) is 6.42 Å². The first kappa shape index (κ1) is 15.1. The molecule has 0 saturated carbocycles. The van der Waals surface area contributed by atoms with Crippen molar-refractivity contribution in [2.75, 3.05) is 19.5 Å². The first-order valence-corrected chi connectivity index (χ1v) is 6.29. The molecule has 0 heterocycles. The molecular weight excluding hydrogens is 275 g/mol. The molecule has 0 spiro atoms. The summed E-state index contributed by atoms with van der Waals surface area (Å²) in [6.45, 7) is 2.40. The van der Waals surface area contributed by atoms with Gasteiger partial charge in [-0.25, -0.2) is 0 Å². The van der Waals surface area contributed by atoms with Gasteiger partial charge in [-0.05, 0) is 18.6 Å². The normalized spacial score (nSPS) is 12.2. The highest BCUT2D eigenvalue weighted by atomic mass is 35.5. The van der Waals surface area contributed by atoms with Crippen LogP contribution < -0.4 is 11.1 Å². The Morgan fingerprint density at radius 3 is 2.72 bits per heavy atom. The molecule has 0 saturated heterocycles. The predicted octanol–water partition coefficient (Wildman–Crippen LogP) is 2.73. The van der Waals surface area contributed by atoms with Crippen LogP contribution in [-0.4, -0.2) is 25.7 Å². The number of methoxy groups -OCH3 is 1. The third kappa shape index (κ3) is 3.77. The van der Waals surface area contributed by atoms with E-state index in [1.54, 1.807) is 7.11 Å². The van der Waals surface area contributed by atoms with Crippen LogP contribution in [0.4, 0.5) is 5.69 Å². The van der Waals surface area contributed by atoms with E-state index in [4.69, 9.17) is 33.7 Å². The zero-order valence-corrected chi connectivity index (χ0v) is 11.8. The minimum absolute atomic E-state index is 0.0706. The van der Waals surface area contributed by atoms with Crippen molar-refractivity contribution in [3.63, 3.8) is 0 Å². The second-order valence-corrected chi connectivity index (χ2v) is 4.68. The number of rotatable bonds is 5. The highest BCUT2D eigenvalue weighted by Crippen LogP contribution is 2.28. The molecule has 1 aromatic carbocycles. The Hall–Kier alpha value is -0.970. The van der Waals surface area contributed by atoms with Gasteiger partial charge in [0.15, 0.2) is 0 Å². The lowest BCUT2D eigenvalue weighted by Crippen LogP contribution is -2.37. The van der Waals surface area contributed by atoms with Gasteiger partial charge in [0.25, 0.3) is 5.91 Å². The van der Waals surface area contributed by atoms with Crippen LogP contribution in [0.2, 0.25) is 10.0 Å². The molecule has 1 rings (SSSR count). The van der Waals surface area contributed by atoms with E-state index in [1.807, 2.05) is 6.92 Å². The molecule has 0 fully saturated rings. The second-order valence-electron chi connectivity index (χ2n) is 3.90. The average molecular weight is 291 g/mol. The fourth-order valence-corrected chi connectivity index (χ4v) is 1.92. The molecule has 4 nitrogen and oxygen atoms in total. The monoisotopic (exact) mass is 290 g/mol. The maximum Gasteiger partial charge on any atom is 0.253 e. The molecule has 18 heavy (non-hydrogen) atoms. The first-order chi connectivity index (χ1) is 8.49. The number of nitrogen functional groups attached to an aromatic ring is 1. The lowest BCUT2D eigenvalue weighted by atomic mass is 10.1. The van der Waals surface area contributed by atoms with Gasteiger partial charge < -0.3 is 15.8 Å². The van der Waals surface area contributed by atoms with E-state index in [9.17, 15) is 4.79 Å². The summed E-state index contributed by atoms with van der Waals surface area (Å²) < 4.78 is 5.01. The van der Waals surface area contributed by atoms with Gasteiger partial charge in [-0.1, -0.05) is 30.1 Å². The molecule has 0 aliphatic rings. The molecule has 0 radical (unpaired) electrons. The van der Waals surface area contributed by atoms with Crippen LogP contribution in [0.3, 0.4) is 0 Å². The van der Waals surface area contributed by atoms with E-state index in [2.05, 4.69) is 5.32 Å². The van der Waals surface area contributed by atoms with E-state index >= 15 is 0 Å². The number of amides is 1. The fourth-order valence-electron chi connectivity index (χ4n) is 1.50. The Kier molecular flexibility index (Phi) is 5.72. The van der Waals surface area contributed by atoms with Crippen molar-refractivity contribution in [1.29, 1.82) is 0 Å². The topological polar surface area (TPSA) is 64.3 Å². The highest BCUT2D eigenvalue weighted by molar-refractivity contribution is 6.44. The van der Waals surface area contributed by atoms with E-state index in [1.165, 1.54) is 12.1 Å². The maximum atomic E-state index is 12.0. The maximum absolute atomic E-state index is 12.0. The summed E-state index contributed by atoms with van der Waals surface area (Å²) >= 11 is 11.9. The molecule has 1 unspecified atom stereocenters. The predicted molar refractivity (Wildman–Crippen MR) is 74.3 cm³/mol. The van der Waals surface area contributed by atoms with E-state index < -0.39 is 0 Å². The zero-order valence-electron chi connectivity index (χ0n) is 10.3. The van der Waals surface area contributed by atoms with Crippen LogP contribution in [0.15, 0.2) is 12.1 Å². The number of carbonyl (C=O) groups excluding carboxylic acids is 1. The van der Waals surface area contributed by atoms with Crippen LogP contribution >= 0.6 is 23.2 Å². The molecule has 100 valence electrons. The minimum atomic E-state index is -0.307. The Balaban J connectivity index is 2.90. The standard InChI is InChI=1S/C12H16Cl2N2O2/c1-3-8(6-18-2)16-12(17)9-4-7(15)5-10(13)11(9)14/h4-5,8H,3,6,15H2,1-2H3,(H,16,17). The number of benzene rings is 1. The summed E-state index contributed by atoms with van der Waals surface area (Å²) in [5.41, 5.74) is 6.31. The highest BCUT2D eigenvalue weighted by Gasteiger charge is 2.17. The van der Waals surface area contributed by atoms with Crippen LogP contribution in [0.25, 0.3) is 0 Å². The summed E-state index contributed by atoms with van der Waals surface area (Å²) in [7, 11) is 1.58. The Morgan fingerprint density at radius 2 is 2.17 bits per heavy atom. The van der Waals surface area contributed by atoms with Crippen molar-refractivity contribution < 1.29 is 9.53 Å². The lowest BCUT2D eigenvalue weighted by Gasteiger charge is -2.16. The number of hydrogen-bond donors (Lipinski definition) is 2. The van der Waals surface area contributed by atoms with Gasteiger partial charge >= 0.3 is 0 Å². The summed E-state index contributed by atoms with van der Waals surface area (Å²) in [4.78, 5) is 12.0. The number of anilines is 1. The van der Waals surface area contributed by atoms with Gasteiger partial charge in [-0.15, -0.1) is 0 Å². The average Bonchev–Trinajstić information content (AvgIpc) is 2.32. The molecular formula is C12H16Cl2N2O2. The molecule has 1 atom stereocenters. The first-order valence-electron chi connectivity index (χ1n) is 5.53. The summed E-state index contributed by atoms with van der Waals surface area (Å²) in [5.74, 6) is -0.307. The van der Waals surface area contributed by atoms with Crippen molar-refractivity contribution in [3.8, 4) is 0 Å². The Morgan fingerprint density at radius 1 is 1.50 bits per heavy atom. The number of ether oxygens (including phenoxy) is 1. The van der Waals surface area contributed by atoms with Gasteiger partial charge in [-0.3, -0.25) is 4.79 Å². The number of nitrogens with two attached hydrogens (primary N) is 1.